The van der Waals surface area contributed by atoms with Gasteiger partial charge in [0.1, 0.15) is 17.2 Å². The van der Waals surface area contributed by atoms with Crippen LogP contribution in [0.5, 0.6) is 5.75 Å². The number of hydrogen-bond donors (Lipinski definition) is 2. The van der Waals surface area contributed by atoms with E-state index in [0.717, 1.165) is 0 Å². The second-order valence-electron chi connectivity index (χ2n) is 6.91. The maximum Gasteiger partial charge on any atom is 0.274 e. The predicted molar refractivity (Wildman–Crippen MR) is 120 cm³/mol. The Balaban J connectivity index is 1.45. The molecule has 0 bridgehead atoms. The lowest BCUT2D eigenvalue weighted by atomic mass is 10.3. The Morgan fingerprint density at radius 1 is 1.15 bits per heavy atom. The summed E-state index contributed by atoms with van der Waals surface area (Å²) in [4.78, 5) is 25.6. The standard InChI is InChI=1S/C22H21ClN6O4/c1-2-28-13-18(20(27-28)22(31)24-12-17-4-3-11-32-17)26-21(30)19-9-10-25-29(19)14-33-16-7-5-15(23)6-8-16/h3-11,13H,2,12,14H2,1H3,(H,24,31)(H,26,30). The normalized spacial score (nSPS) is 10.7. The molecule has 3 heterocycles. The number of benzene rings is 1. The van der Waals surface area contributed by atoms with E-state index in [1.54, 1.807) is 53.3 Å². The molecule has 2 amide bonds. The van der Waals surface area contributed by atoms with E-state index in [2.05, 4.69) is 20.8 Å². The maximum atomic E-state index is 12.9. The van der Waals surface area contributed by atoms with Gasteiger partial charge in [-0.15, -0.1) is 0 Å². The van der Waals surface area contributed by atoms with Crippen LogP contribution in [-0.2, 0) is 19.8 Å². The van der Waals surface area contributed by atoms with Crippen molar-refractivity contribution < 1.29 is 18.7 Å². The Morgan fingerprint density at radius 3 is 2.70 bits per heavy atom. The third kappa shape index (κ3) is 5.42. The van der Waals surface area contributed by atoms with E-state index in [4.69, 9.17) is 20.8 Å². The smallest absolute Gasteiger partial charge is 0.274 e. The Labute approximate surface area is 194 Å². The van der Waals surface area contributed by atoms with E-state index in [0.29, 0.717) is 23.1 Å². The monoisotopic (exact) mass is 468 g/mol. The lowest BCUT2D eigenvalue weighted by Gasteiger charge is -2.10. The van der Waals surface area contributed by atoms with Crippen LogP contribution >= 0.6 is 11.6 Å². The minimum Gasteiger partial charge on any atom is -0.471 e. The molecule has 33 heavy (non-hydrogen) atoms. The van der Waals surface area contributed by atoms with E-state index in [1.165, 1.54) is 17.1 Å². The number of ether oxygens (including phenoxy) is 1. The molecule has 10 nitrogen and oxygen atoms in total. The number of amides is 2. The average Bonchev–Trinajstić information content (AvgIpc) is 3.58. The molecular formula is C22H21ClN6O4. The van der Waals surface area contributed by atoms with Gasteiger partial charge in [-0.25, -0.2) is 4.68 Å². The summed E-state index contributed by atoms with van der Waals surface area (Å²) in [5.74, 6) is 0.297. The summed E-state index contributed by atoms with van der Waals surface area (Å²) in [6.45, 7) is 2.63. The van der Waals surface area contributed by atoms with Crippen LogP contribution in [0, 0.1) is 0 Å². The highest BCUT2D eigenvalue weighted by atomic mass is 35.5. The van der Waals surface area contributed by atoms with Crippen molar-refractivity contribution in [2.45, 2.75) is 26.7 Å². The van der Waals surface area contributed by atoms with Crippen molar-refractivity contribution >= 4 is 29.1 Å². The SMILES string of the molecule is CCn1cc(NC(=O)c2ccnn2COc2ccc(Cl)cc2)c(C(=O)NCc2ccco2)n1. The third-order valence-corrected chi connectivity index (χ3v) is 4.92. The van der Waals surface area contributed by atoms with Gasteiger partial charge in [-0.05, 0) is 49.4 Å². The van der Waals surface area contributed by atoms with Crippen LogP contribution < -0.4 is 15.4 Å². The summed E-state index contributed by atoms with van der Waals surface area (Å²) in [6, 6.07) is 11.9. The largest absolute Gasteiger partial charge is 0.471 e. The molecule has 0 fully saturated rings. The minimum absolute atomic E-state index is 0.0160. The number of hydrogen-bond acceptors (Lipinski definition) is 6. The Kier molecular flexibility index (Phi) is 6.75. The third-order valence-electron chi connectivity index (χ3n) is 4.67. The zero-order valence-electron chi connectivity index (χ0n) is 17.7. The quantitative estimate of drug-likeness (QED) is 0.388. The van der Waals surface area contributed by atoms with Crippen molar-refractivity contribution in [3.8, 4) is 5.75 Å². The van der Waals surface area contributed by atoms with E-state index in [1.807, 2.05) is 6.92 Å². The molecule has 11 heteroatoms. The summed E-state index contributed by atoms with van der Waals surface area (Å²) in [6.07, 6.45) is 4.62. The van der Waals surface area contributed by atoms with Crippen LogP contribution in [0.4, 0.5) is 5.69 Å². The number of nitrogens with one attached hydrogen (secondary N) is 2. The topological polar surface area (TPSA) is 116 Å². The molecule has 0 saturated heterocycles. The van der Waals surface area contributed by atoms with Crippen molar-refractivity contribution in [3.63, 3.8) is 0 Å². The first-order valence-electron chi connectivity index (χ1n) is 10.1. The molecule has 3 aromatic heterocycles. The highest BCUT2D eigenvalue weighted by molar-refractivity contribution is 6.30. The molecule has 2 N–H and O–H groups in total. The molecule has 0 aliphatic heterocycles. The molecule has 0 saturated carbocycles. The fourth-order valence-electron chi connectivity index (χ4n) is 2.99. The Hall–Kier alpha value is -4.05. The first-order chi connectivity index (χ1) is 16.0. The van der Waals surface area contributed by atoms with Crippen LogP contribution in [0.2, 0.25) is 5.02 Å². The minimum atomic E-state index is -0.456. The summed E-state index contributed by atoms with van der Waals surface area (Å²) >= 11 is 5.88. The van der Waals surface area contributed by atoms with Crippen molar-refractivity contribution in [2.75, 3.05) is 5.32 Å². The number of anilines is 1. The maximum absolute atomic E-state index is 12.9. The van der Waals surface area contributed by atoms with Gasteiger partial charge in [0.05, 0.1) is 18.5 Å². The summed E-state index contributed by atoms with van der Waals surface area (Å²) in [7, 11) is 0. The van der Waals surface area contributed by atoms with Gasteiger partial charge in [0.2, 0.25) is 0 Å². The fraction of sp³-hybridized carbons (Fsp3) is 0.182. The van der Waals surface area contributed by atoms with E-state index < -0.39 is 11.8 Å². The summed E-state index contributed by atoms with van der Waals surface area (Å²) in [5, 5.41) is 14.5. The fourth-order valence-corrected chi connectivity index (χ4v) is 3.11. The number of nitrogens with zero attached hydrogens (tertiary/aromatic N) is 4. The second-order valence-corrected chi connectivity index (χ2v) is 7.34. The van der Waals surface area contributed by atoms with Crippen LogP contribution in [0.1, 0.15) is 33.7 Å². The Morgan fingerprint density at radius 2 is 1.97 bits per heavy atom. The first kappa shape index (κ1) is 22.2. The van der Waals surface area contributed by atoms with Crippen molar-refractivity contribution in [1.82, 2.24) is 24.9 Å². The summed E-state index contributed by atoms with van der Waals surface area (Å²) < 4.78 is 13.9. The highest BCUT2D eigenvalue weighted by Crippen LogP contribution is 2.18. The molecular weight excluding hydrogens is 448 g/mol. The number of rotatable bonds is 9. The molecule has 0 unspecified atom stereocenters. The molecule has 0 aliphatic rings. The number of furan rings is 1. The zero-order valence-corrected chi connectivity index (χ0v) is 18.5. The van der Waals surface area contributed by atoms with Gasteiger partial charge < -0.3 is 19.8 Å². The van der Waals surface area contributed by atoms with Gasteiger partial charge in [-0.3, -0.25) is 14.3 Å². The molecule has 0 radical (unpaired) electrons. The van der Waals surface area contributed by atoms with Gasteiger partial charge in [-0.2, -0.15) is 10.2 Å². The summed E-state index contributed by atoms with van der Waals surface area (Å²) in [5.41, 5.74) is 0.639. The van der Waals surface area contributed by atoms with Crippen LogP contribution in [0.15, 0.2) is 65.5 Å². The van der Waals surface area contributed by atoms with Crippen molar-refractivity contribution in [3.05, 3.63) is 83.3 Å². The number of aryl methyl sites for hydroxylation is 1. The van der Waals surface area contributed by atoms with Crippen molar-refractivity contribution in [2.24, 2.45) is 0 Å². The van der Waals surface area contributed by atoms with Crippen LogP contribution in [-0.4, -0.2) is 31.4 Å². The molecule has 0 spiro atoms. The highest BCUT2D eigenvalue weighted by Gasteiger charge is 2.21. The van der Waals surface area contributed by atoms with Crippen molar-refractivity contribution in [1.29, 1.82) is 0 Å². The van der Waals surface area contributed by atoms with Gasteiger partial charge in [0.15, 0.2) is 12.4 Å². The zero-order chi connectivity index (χ0) is 23.2. The van der Waals surface area contributed by atoms with E-state index in [9.17, 15) is 9.59 Å². The molecule has 4 aromatic rings. The van der Waals surface area contributed by atoms with E-state index in [-0.39, 0.29) is 30.4 Å². The second kappa shape index (κ2) is 10.0. The number of halogens is 1. The number of carbonyl (C=O) groups excluding carboxylic acids is 2. The lowest BCUT2D eigenvalue weighted by molar-refractivity contribution is 0.0943. The first-order valence-corrected chi connectivity index (χ1v) is 10.5. The molecule has 4 rings (SSSR count). The molecule has 0 atom stereocenters. The van der Waals surface area contributed by atoms with Crippen LogP contribution in [0.25, 0.3) is 0 Å². The van der Waals surface area contributed by atoms with Gasteiger partial charge >= 0.3 is 0 Å². The lowest BCUT2D eigenvalue weighted by Crippen LogP contribution is -2.25. The molecule has 170 valence electrons. The molecule has 0 aliphatic carbocycles. The number of aromatic nitrogens is 4. The number of carbonyl (C=O) groups is 2. The average molecular weight is 469 g/mol. The predicted octanol–water partition coefficient (Wildman–Crippen LogP) is 3.56. The van der Waals surface area contributed by atoms with Gasteiger partial charge in [0.25, 0.3) is 11.8 Å². The van der Waals surface area contributed by atoms with Crippen LogP contribution in [0.3, 0.4) is 0 Å². The van der Waals surface area contributed by atoms with E-state index >= 15 is 0 Å². The molecule has 1 aromatic carbocycles. The van der Waals surface area contributed by atoms with Gasteiger partial charge in [-0.1, -0.05) is 11.6 Å². The Bertz CT molecular complexity index is 1230. The van der Waals surface area contributed by atoms with Gasteiger partial charge in [0, 0.05) is 24.0 Å².